The van der Waals surface area contributed by atoms with Crippen LogP contribution < -0.4 is 0 Å². The van der Waals surface area contributed by atoms with Gasteiger partial charge in [0.1, 0.15) is 5.82 Å². The largest absolute Gasteiger partial charge is 0.292 e. The highest BCUT2D eigenvalue weighted by Gasteiger charge is 2.19. The molecule has 0 bridgehead atoms. The van der Waals surface area contributed by atoms with Gasteiger partial charge < -0.3 is 0 Å². The van der Waals surface area contributed by atoms with Gasteiger partial charge in [-0.1, -0.05) is 12.1 Å². The van der Waals surface area contributed by atoms with Gasteiger partial charge in [-0.05, 0) is 18.6 Å². The Morgan fingerprint density at radius 2 is 2.21 bits per heavy atom. The molecule has 76 valence electrons. The van der Waals surface area contributed by atoms with Crippen LogP contribution in [0.3, 0.4) is 0 Å². The summed E-state index contributed by atoms with van der Waals surface area (Å²) >= 11 is 11.2. The van der Waals surface area contributed by atoms with Gasteiger partial charge in [0.05, 0.1) is 10.9 Å². The Kier molecular flexibility index (Phi) is 3.90. The molecule has 0 N–H and O–H groups in total. The summed E-state index contributed by atoms with van der Waals surface area (Å²) in [6.07, 6.45) is 0. The molecule has 0 spiro atoms. The molecule has 0 aliphatic rings. The van der Waals surface area contributed by atoms with Crippen LogP contribution in [-0.2, 0) is 5.88 Å². The Bertz CT molecular complexity index is 350. The SMILES string of the molecule is CC(Cl)C(=O)c1c(F)cccc1CCl. The summed E-state index contributed by atoms with van der Waals surface area (Å²) in [5.41, 5.74) is 0.481. The smallest absolute Gasteiger partial charge is 0.183 e. The fourth-order valence-electron chi connectivity index (χ4n) is 1.15. The van der Waals surface area contributed by atoms with Gasteiger partial charge in [0.15, 0.2) is 5.78 Å². The molecule has 0 heterocycles. The lowest BCUT2D eigenvalue weighted by Crippen LogP contribution is -2.14. The summed E-state index contributed by atoms with van der Waals surface area (Å²) in [6.45, 7) is 1.51. The van der Waals surface area contributed by atoms with Crippen molar-refractivity contribution in [3.63, 3.8) is 0 Å². The molecule has 0 saturated carbocycles. The lowest BCUT2D eigenvalue weighted by atomic mass is 10.0. The van der Waals surface area contributed by atoms with E-state index >= 15 is 0 Å². The molecule has 1 rings (SSSR count). The van der Waals surface area contributed by atoms with Gasteiger partial charge in [0.2, 0.25) is 0 Å². The maximum atomic E-state index is 13.3. The fourth-order valence-corrected chi connectivity index (χ4v) is 1.49. The molecule has 4 heteroatoms. The summed E-state index contributed by atoms with van der Waals surface area (Å²) in [5, 5.41) is -0.742. The zero-order chi connectivity index (χ0) is 10.7. The summed E-state index contributed by atoms with van der Waals surface area (Å²) in [6, 6.07) is 4.36. The fraction of sp³-hybridized carbons (Fsp3) is 0.300. The molecule has 1 atom stereocenters. The topological polar surface area (TPSA) is 17.1 Å². The van der Waals surface area contributed by atoms with E-state index in [2.05, 4.69) is 0 Å². The van der Waals surface area contributed by atoms with Crippen LogP contribution in [0.2, 0.25) is 0 Å². The first kappa shape index (κ1) is 11.5. The van der Waals surface area contributed by atoms with Crippen molar-refractivity contribution in [2.45, 2.75) is 18.2 Å². The van der Waals surface area contributed by atoms with Crippen LogP contribution in [-0.4, -0.2) is 11.2 Å². The van der Waals surface area contributed by atoms with Crippen LogP contribution in [0.25, 0.3) is 0 Å². The molecule has 0 saturated heterocycles. The van der Waals surface area contributed by atoms with Gasteiger partial charge in [0.25, 0.3) is 0 Å². The summed E-state index contributed by atoms with van der Waals surface area (Å²) in [4.78, 5) is 11.5. The van der Waals surface area contributed by atoms with Gasteiger partial charge >= 0.3 is 0 Å². The number of ketones is 1. The van der Waals surface area contributed by atoms with E-state index in [1.807, 2.05) is 0 Å². The zero-order valence-electron chi connectivity index (χ0n) is 7.56. The van der Waals surface area contributed by atoms with Crippen molar-refractivity contribution >= 4 is 29.0 Å². The van der Waals surface area contributed by atoms with Crippen LogP contribution in [0.15, 0.2) is 18.2 Å². The molecule has 0 aromatic heterocycles. The highest BCUT2D eigenvalue weighted by atomic mass is 35.5. The first-order chi connectivity index (χ1) is 6.57. The third-order valence-corrected chi connectivity index (χ3v) is 2.34. The van der Waals surface area contributed by atoms with Gasteiger partial charge in [0, 0.05) is 5.88 Å². The van der Waals surface area contributed by atoms with E-state index in [1.165, 1.54) is 19.1 Å². The first-order valence-corrected chi connectivity index (χ1v) is 5.06. The van der Waals surface area contributed by atoms with Crippen LogP contribution in [0, 0.1) is 5.82 Å². The number of benzene rings is 1. The average Bonchev–Trinajstić information content (AvgIpc) is 2.16. The second-order valence-corrected chi connectivity index (χ2v) is 3.81. The molecule has 1 unspecified atom stereocenters. The van der Waals surface area contributed by atoms with Gasteiger partial charge in [-0.25, -0.2) is 4.39 Å². The number of rotatable bonds is 3. The maximum absolute atomic E-state index is 13.3. The lowest BCUT2D eigenvalue weighted by Gasteiger charge is -2.08. The number of hydrogen-bond acceptors (Lipinski definition) is 1. The van der Waals surface area contributed by atoms with Crippen molar-refractivity contribution < 1.29 is 9.18 Å². The van der Waals surface area contributed by atoms with E-state index in [0.717, 1.165) is 0 Å². The Labute approximate surface area is 91.8 Å². The number of alkyl halides is 2. The molecule has 1 aromatic rings. The van der Waals surface area contributed by atoms with Crippen LogP contribution in [0.1, 0.15) is 22.8 Å². The summed E-state index contributed by atoms with van der Waals surface area (Å²) < 4.78 is 13.3. The van der Waals surface area contributed by atoms with Gasteiger partial charge in [-0.15, -0.1) is 23.2 Å². The molecule has 0 aliphatic carbocycles. The normalized spacial score (nSPS) is 12.6. The first-order valence-electron chi connectivity index (χ1n) is 4.09. The monoisotopic (exact) mass is 234 g/mol. The molecule has 0 aliphatic heterocycles. The van der Waals surface area contributed by atoms with E-state index in [-0.39, 0.29) is 11.4 Å². The van der Waals surface area contributed by atoms with Crippen LogP contribution in [0.5, 0.6) is 0 Å². The van der Waals surface area contributed by atoms with Crippen molar-refractivity contribution in [2.75, 3.05) is 0 Å². The average molecular weight is 235 g/mol. The van der Waals surface area contributed by atoms with E-state index in [0.29, 0.717) is 5.56 Å². The van der Waals surface area contributed by atoms with E-state index < -0.39 is 17.0 Å². The number of halogens is 3. The third-order valence-electron chi connectivity index (χ3n) is 1.85. The number of carbonyl (C=O) groups excluding carboxylic acids is 1. The number of hydrogen-bond donors (Lipinski definition) is 0. The molecule has 1 aromatic carbocycles. The molecule has 0 fully saturated rings. The molecule has 0 radical (unpaired) electrons. The van der Waals surface area contributed by atoms with E-state index in [1.54, 1.807) is 6.07 Å². The lowest BCUT2D eigenvalue weighted by molar-refractivity contribution is 0.0987. The molecular formula is C10H9Cl2FO. The Morgan fingerprint density at radius 3 is 2.71 bits per heavy atom. The maximum Gasteiger partial charge on any atom is 0.183 e. The molecule has 0 amide bonds. The van der Waals surface area contributed by atoms with Crippen LogP contribution >= 0.6 is 23.2 Å². The standard InChI is InChI=1S/C10H9Cl2FO/c1-6(12)10(14)9-7(5-11)3-2-4-8(9)13/h2-4,6H,5H2,1H3. The van der Waals surface area contributed by atoms with E-state index in [9.17, 15) is 9.18 Å². The molecule has 14 heavy (non-hydrogen) atoms. The second-order valence-electron chi connectivity index (χ2n) is 2.89. The third kappa shape index (κ3) is 2.25. The highest BCUT2D eigenvalue weighted by Crippen LogP contribution is 2.19. The van der Waals surface area contributed by atoms with Crippen LogP contribution in [0.4, 0.5) is 4.39 Å². The second kappa shape index (κ2) is 4.76. The predicted octanol–water partition coefficient (Wildman–Crippen LogP) is 3.37. The highest BCUT2D eigenvalue weighted by molar-refractivity contribution is 6.34. The van der Waals surface area contributed by atoms with Crippen molar-refractivity contribution in [1.82, 2.24) is 0 Å². The van der Waals surface area contributed by atoms with Crippen molar-refractivity contribution in [1.29, 1.82) is 0 Å². The Hall–Kier alpha value is -0.600. The van der Waals surface area contributed by atoms with Gasteiger partial charge in [-0.2, -0.15) is 0 Å². The van der Waals surface area contributed by atoms with Crippen molar-refractivity contribution in [3.05, 3.63) is 35.1 Å². The zero-order valence-corrected chi connectivity index (χ0v) is 9.07. The van der Waals surface area contributed by atoms with E-state index in [4.69, 9.17) is 23.2 Å². The number of Topliss-reactive ketones (excluding diaryl/α,β-unsaturated/α-hetero) is 1. The van der Waals surface area contributed by atoms with Crippen molar-refractivity contribution in [3.8, 4) is 0 Å². The minimum absolute atomic E-state index is 0.00463. The Morgan fingerprint density at radius 1 is 1.57 bits per heavy atom. The Balaban J connectivity index is 3.23. The molecule has 1 nitrogen and oxygen atoms in total. The van der Waals surface area contributed by atoms with Crippen molar-refractivity contribution in [2.24, 2.45) is 0 Å². The summed E-state index contributed by atoms with van der Waals surface area (Å²) in [5.74, 6) is -0.899. The minimum Gasteiger partial charge on any atom is -0.292 e. The molecular weight excluding hydrogens is 226 g/mol. The predicted molar refractivity (Wildman–Crippen MR) is 55.6 cm³/mol. The number of carbonyl (C=O) groups is 1. The quantitative estimate of drug-likeness (QED) is 0.579. The van der Waals surface area contributed by atoms with Gasteiger partial charge in [-0.3, -0.25) is 4.79 Å². The minimum atomic E-state index is -0.742. The summed E-state index contributed by atoms with van der Waals surface area (Å²) in [7, 11) is 0.